The van der Waals surface area contributed by atoms with E-state index in [2.05, 4.69) is 57.1 Å². The minimum Gasteiger partial charge on any atom is -0.382 e. The summed E-state index contributed by atoms with van der Waals surface area (Å²) in [6, 6.07) is 0. The monoisotopic (exact) mass is 322 g/mol. The molecule has 0 bridgehead atoms. The molecule has 2 heterocycles. The van der Waals surface area contributed by atoms with Gasteiger partial charge in [-0.3, -0.25) is 0 Å². The van der Waals surface area contributed by atoms with Crippen LogP contribution in [-0.4, -0.2) is 22.7 Å². The summed E-state index contributed by atoms with van der Waals surface area (Å²) in [6.45, 7) is 8.64. The van der Waals surface area contributed by atoms with Gasteiger partial charge in [-0.05, 0) is 28.4 Å². The summed E-state index contributed by atoms with van der Waals surface area (Å²) in [5.41, 5.74) is 12.0. The number of nitrogens with two attached hydrogens (primary N) is 1. The Labute approximate surface area is 116 Å². The zero-order valence-electron chi connectivity index (χ0n) is 10.9. The van der Waals surface area contributed by atoms with Gasteiger partial charge in [-0.25, -0.2) is 9.50 Å². The van der Waals surface area contributed by atoms with Gasteiger partial charge in [0, 0.05) is 0 Å². The maximum Gasteiger partial charge on any atom is 0.152 e. The van der Waals surface area contributed by atoms with Crippen molar-refractivity contribution in [3.05, 3.63) is 22.1 Å². The molecule has 0 spiro atoms. The Bertz CT molecular complexity index is 673. The molecule has 2 aromatic heterocycles. The molecule has 0 aromatic carbocycles. The molecule has 18 heavy (non-hydrogen) atoms. The second-order valence-electron chi connectivity index (χ2n) is 5.20. The average Bonchev–Trinajstić information content (AvgIpc) is 2.51. The van der Waals surface area contributed by atoms with Crippen molar-refractivity contribution in [1.82, 2.24) is 14.6 Å². The summed E-state index contributed by atoms with van der Waals surface area (Å²) < 4.78 is 2.62. The van der Waals surface area contributed by atoms with Crippen molar-refractivity contribution in [2.45, 2.75) is 26.6 Å². The predicted octanol–water partition coefficient (Wildman–Crippen LogP) is 2.61. The third kappa shape index (κ3) is 2.28. The highest BCUT2D eigenvalue weighted by Gasteiger charge is 2.16. The Morgan fingerprint density at radius 1 is 1.39 bits per heavy atom. The number of halogens is 1. The van der Waals surface area contributed by atoms with Gasteiger partial charge in [0.05, 0.1) is 5.56 Å². The lowest BCUT2D eigenvalue weighted by Crippen LogP contribution is -2.16. The molecule has 0 aliphatic rings. The molecule has 0 fully saturated rings. The lowest BCUT2D eigenvalue weighted by atomic mass is 10.2. The fourth-order valence-corrected chi connectivity index (χ4v) is 2.56. The number of anilines is 1. The number of fused-ring (bicyclic) bond motifs is 1. The molecule has 0 saturated heterocycles. The molecule has 0 aliphatic heterocycles. The van der Waals surface area contributed by atoms with Crippen molar-refractivity contribution in [3.8, 4) is 11.5 Å². The minimum absolute atomic E-state index is 0.457. The van der Waals surface area contributed by atoms with Crippen LogP contribution in [0.2, 0.25) is 19.6 Å². The van der Waals surface area contributed by atoms with E-state index in [1.807, 2.05) is 6.92 Å². The van der Waals surface area contributed by atoms with Crippen molar-refractivity contribution in [1.29, 1.82) is 0 Å². The number of nitrogen functional groups attached to an aromatic ring is 1. The third-order valence-electron chi connectivity index (χ3n) is 2.49. The predicted molar refractivity (Wildman–Crippen MR) is 80.1 cm³/mol. The van der Waals surface area contributed by atoms with E-state index in [9.17, 15) is 0 Å². The van der Waals surface area contributed by atoms with Gasteiger partial charge in [0.25, 0.3) is 0 Å². The molecule has 4 nitrogen and oxygen atoms in total. The van der Waals surface area contributed by atoms with Gasteiger partial charge in [-0.1, -0.05) is 25.6 Å². The molecule has 0 atom stereocenters. The van der Waals surface area contributed by atoms with E-state index in [-0.39, 0.29) is 0 Å². The van der Waals surface area contributed by atoms with E-state index in [0.29, 0.717) is 5.82 Å². The first-order chi connectivity index (χ1) is 8.31. The molecule has 0 aliphatic carbocycles. The maximum absolute atomic E-state index is 5.93. The van der Waals surface area contributed by atoms with Crippen LogP contribution < -0.4 is 5.73 Å². The van der Waals surface area contributed by atoms with Gasteiger partial charge in [-0.2, -0.15) is 5.10 Å². The van der Waals surface area contributed by atoms with E-state index in [0.717, 1.165) is 21.2 Å². The fraction of sp³-hybridized carbons (Fsp3) is 0.333. The first-order valence-electron chi connectivity index (χ1n) is 5.61. The molecule has 2 rings (SSSR count). The molecule has 2 N–H and O–H groups in total. The largest absolute Gasteiger partial charge is 0.382 e. The van der Waals surface area contributed by atoms with Crippen LogP contribution in [0.25, 0.3) is 5.52 Å². The Kier molecular flexibility index (Phi) is 3.21. The molecule has 0 unspecified atom stereocenters. The smallest absolute Gasteiger partial charge is 0.152 e. The summed E-state index contributed by atoms with van der Waals surface area (Å²) in [6.07, 6.45) is 1.45. The Morgan fingerprint density at radius 3 is 2.67 bits per heavy atom. The van der Waals surface area contributed by atoms with Crippen molar-refractivity contribution in [3.63, 3.8) is 0 Å². The minimum atomic E-state index is -1.43. The molecule has 2 aromatic rings. The quantitative estimate of drug-likeness (QED) is 0.599. The van der Waals surface area contributed by atoms with Crippen LogP contribution in [0, 0.1) is 18.4 Å². The standard InChI is InChI=1S/C12H15BrN4Si/c1-8-9(5-6-18(2,3)4)10-12(14)15-7-16-17(10)11(8)13/h7H,1-4H3,(H2,14,15,16). The second-order valence-corrected chi connectivity index (χ2v) is 10.7. The number of aromatic nitrogens is 3. The van der Waals surface area contributed by atoms with Crippen LogP contribution in [0.5, 0.6) is 0 Å². The van der Waals surface area contributed by atoms with E-state index in [1.165, 1.54) is 6.33 Å². The van der Waals surface area contributed by atoms with Crippen molar-refractivity contribution in [2.24, 2.45) is 0 Å². The zero-order valence-corrected chi connectivity index (χ0v) is 13.5. The highest BCUT2D eigenvalue weighted by atomic mass is 79.9. The molecular weight excluding hydrogens is 308 g/mol. The lowest BCUT2D eigenvalue weighted by Gasteiger charge is -2.03. The summed E-state index contributed by atoms with van der Waals surface area (Å²) in [7, 11) is -1.43. The second kappa shape index (κ2) is 4.41. The number of nitrogens with zero attached hydrogens (tertiary/aromatic N) is 3. The highest BCUT2D eigenvalue weighted by molar-refractivity contribution is 9.10. The SMILES string of the molecule is Cc1c(C#C[Si](C)(C)C)c2c(N)ncnn2c1Br. The van der Waals surface area contributed by atoms with Gasteiger partial charge < -0.3 is 5.73 Å². The first kappa shape index (κ1) is 13.1. The fourth-order valence-electron chi connectivity index (χ4n) is 1.59. The molecule has 6 heteroatoms. The van der Waals surface area contributed by atoms with Crippen LogP contribution in [0.15, 0.2) is 10.9 Å². The number of hydrogen-bond donors (Lipinski definition) is 1. The van der Waals surface area contributed by atoms with Gasteiger partial charge >= 0.3 is 0 Å². The van der Waals surface area contributed by atoms with Crippen LogP contribution in [-0.2, 0) is 0 Å². The van der Waals surface area contributed by atoms with E-state index >= 15 is 0 Å². The van der Waals surface area contributed by atoms with Crippen LogP contribution in [0.1, 0.15) is 11.1 Å². The van der Waals surface area contributed by atoms with Crippen molar-refractivity contribution in [2.75, 3.05) is 5.73 Å². The molecule has 0 radical (unpaired) electrons. The molecule has 94 valence electrons. The van der Waals surface area contributed by atoms with Gasteiger partial charge in [0.2, 0.25) is 0 Å². The summed E-state index contributed by atoms with van der Waals surface area (Å²) >= 11 is 3.52. The Morgan fingerprint density at radius 2 is 2.06 bits per heavy atom. The van der Waals surface area contributed by atoms with Crippen molar-refractivity contribution >= 4 is 35.3 Å². The summed E-state index contributed by atoms with van der Waals surface area (Å²) in [5.74, 6) is 3.72. The summed E-state index contributed by atoms with van der Waals surface area (Å²) in [4.78, 5) is 4.04. The van der Waals surface area contributed by atoms with E-state index < -0.39 is 8.07 Å². The van der Waals surface area contributed by atoms with Crippen molar-refractivity contribution < 1.29 is 0 Å². The molecule has 0 amide bonds. The number of rotatable bonds is 0. The van der Waals surface area contributed by atoms with Gasteiger partial charge in [-0.15, -0.1) is 5.54 Å². The van der Waals surface area contributed by atoms with Gasteiger partial charge in [0.1, 0.15) is 24.5 Å². The van der Waals surface area contributed by atoms with Crippen LogP contribution >= 0.6 is 15.9 Å². The maximum atomic E-state index is 5.93. The zero-order chi connectivity index (χ0) is 13.5. The van der Waals surface area contributed by atoms with Gasteiger partial charge in [0.15, 0.2) is 5.82 Å². The normalized spacial score (nSPS) is 11.4. The van der Waals surface area contributed by atoms with Crippen LogP contribution in [0.3, 0.4) is 0 Å². The first-order valence-corrected chi connectivity index (χ1v) is 9.91. The lowest BCUT2D eigenvalue weighted by molar-refractivity contribution is 0.885. The van der Waals surface area contributed by atoms with Crippen LogP contribution in [0.4, 0.5) is 5.82 Å². The summed E-state index contributed by atoms with van der Waals surface area (Å²) in [5, 5.41) is 4.19. The topological polar surface area (TPSA) is 56.2 Å². The highest BCUT2D eigenvalue weighted by Crippen LogP contribution is 2.28. The average molecular weight is 323 g/mol. The third-order valence-corrected chi connectivity index (χ3v) is 4.29. The molecule has 0 saturated carbocycles. The van der Waals surface area contributed by atoms with E-state index in [1.54, 1.807) is 4.52 Å². The Balaban J connectivity index is 2.77. The van der Waals surface area contributed by atoms with E-state index in [4.69, 9.17) is 5.73 Å². The number of hydrogen-bond acceptors (Lipinski definition) is 3. The Hall–Kier alpha value is -1.32. The molecular formula is C12H15BrN4Si.